The normalized spacial score (nSPS) is 14.8. The molecule has 0 aromatic carbocycles. The van der Waals surface area contributed by atoms with Crippen LogP contribution >= 0.6 is 0 Å². The number of hydrogen-bond donors (Lipinski definition) is 0. The van der Waals surface area contributed by atoms with Crippen LogP contribution in [-0.2, 0) is 19.1 Å². The molecule has 0 heterocycles. The van der Waals surface area contributed by atoms with Gasteiger partial charge in [-0.15, -0.1) is 0 Å². The highest BCUT2D eigenvalue weighted by molar-refractivity contribution is 5.78. The third-order valence-electron chi connectivity index (χ3n) is 3.31. The van der Waals surface area contributed by atoms with Crippen LogP contribution in [0.15, 0.2) is 0 Å². The van der Waals surface area contributed by atoms with Crippen molar-refractivity contribution >= 4 is 11.9 Å². The van der Waals surface area contributed by atoms with E-state index in [4.69, 9.17) is 4.74 Å². The Labute approximate surface area is 144 Å². The Morgan fingerprint density at radius 2 is 1.36 bits per heavy atom. The molecule has 0 aromatic rings. The van der Waals surface area contributed by atoms with Gasteiger partial charge in [-0.25, -0.2) is 4.79 Å². The minimum atomic E-state index is -5.83. The molecule has 0 saturated carbocycles. The second-order valence-electron chi connectivity index (χ2n) is 8.15. The minimum Gasteiger partial charge on any atom is -0.456 e. The molecular formula is C16H25F5O4. The van der Waals surface area contributed by atoms with Crippen LogP contribution in [0.5, 0.6) is 0 Å². The first-order chi connectivity index (χ1) is 10.9. The molecule has 0 aromatic heterocycles. The van der Waals surface area contributed by atoms with E-state index in [9.17, 15) is 31.5 Å². The minimum absolute atomic E-state index is 0.216. The zero-order valence-corrected chi connectivity index (χ0v) is 15.2. The van der Waals surface area contributed by atoms with Crippen molar-refractivity contribution in [2.75, 3.05) is 13.2 Å². The summed E-state index contributed by atoms with van der Waals surface area (Å²) in [4.78, 5) is 23.5. The fourth-order valence-electron chi connectivity index (χ4n) is 1.88. The van der Waals surface area contributed by atoms with Crippen molar-refractivity contribution in [2.45, 2.75) is 60.1 Å². The first-order valence-electron chi connectivity index (χ1n) is 7.64. The number of hydrogen-bond acceptors (Lipinski definition) is 4. The monoisotopic (exact) mass is 376 g/mol. The zero-order chi connectivity index (χ0) is 20.3. The van der Waals surface area contributed by atoms with Crippen LogP contribution in [-0.4, -0.2) is 37.3 Å². The lowest BCUT2D eigenvalue weighted by Gasteiger charge is -2.33. The molecule has 0 saturated heterocycles. The van der Waals surface area contributed by atoms with Crippen LogP contribution in [0.2, 0.25) is 0 Å². The molecular weight excluding hydrogens is 351 g/mol. The average Bonchev–Trinajstić information content (AvgIpc) is 2.36. The van der Waals surface area contributed by atoms with Crippen molar-refractivity contribution in [1.82, 2.24) is 0 Å². The predicted octanol–water partition coefficient (Wildman–Crippen LogP) is 4.37. The fourth-order valence-corrected chi connectivity index (χ4v) is 1.88. The summed E-state index contributed by atoms with van der Waals surface area (Å²) in [5.74, 6) is -7.95. The molecule has 0 N–H and O–H groups in total. The maximum absolute atomic E-state index is 12.7. The first-order valence-corrected chi connectivity index (χ1v) is 7.64. The maximum Gasteiger partial charge on any atom is 0.456 e. The van der Waals surface area contributed by atoms with Crippen molar-refractivity contribution < 1.29 is 41.0 Å². The van der Waals surface area contributed by atoms with Crippen molar-refractivity contribution in [3.8, 4) is 0 Å². The second-order valence-corrected chi connectivity index (χ2v) is 8.15. The van der Waals surface area contributed by atoms with E-state index < -0.39 is 48.6 Å². The molecule has 0 aliphatic heterocycles. The van der Waals surface area contributed by atoms with E-state index in [1.807, 2.05) is 20.8 Å². The van der Waals surface area contributed by atoms with Crippen LogP contribution in [0.4, 0.5) is 22.0 Å². The van der Waals surface area contributed by atoms with Gasteiger partial charge in [-0.05, 0) is 17.3 Å². The highest BCUT2D eigenvalue weighted by Gasteiger charge is 2.58. The van der Waals surface area contributed by atoms with E-state index in [0.29, 0.717) is 6.42 Å². The lowest BCUT2D eigenvalue weighted by molar-refractivity contribution is -0.294. The molecule has 148 valence electrons. The van der Waals surface area contributed by atoms with Crippen LogP contribution in [0.1, 0.15) is 48.0 Å². The van der Waals surface area contributed by atoms with Crippen LogP contribution in [0, 0.1) is 16.7 Å². The standard InChI is InChI=1S/C16H25F5O4/c1-13(2,3)7-10(14(4,5)6)12(23)24-8-11(22)25-9-15(17,18)16(19,20)21/h10H,7-9H2,1-6H3. The highest BCUT2D eigenvalue weighted by Crippen LogP contribution is 2.37. The number of halogens is 5. The Bertz CT molecular complexity index is 472. The number of ether oxygens (including phenoxy) is 2. The lowest BCUT2D eigenvalue weighted by Crippen LogP contribution is -2.42. The summed E-state index contributed by atoms with van der Waals surface area (Å²) in [5.41, 5.74) is -0.705. The van der Waals surface area contributed by atoms with Crippen LogP contribution in [0.25, 0.3) is 0 Å². The fraction of sp³-hybridized carbons (Fsp3) is 0.875. The zero-order valence-electron chi connectivity index (χ0n) is 15.2. The van der Waals surface area contributed by atoms with Gasteiger partial charge in [0.05, 0.1) is 5.92 Å². The van der Waals surface area contributed by atoms with Crippen LogP contribution in [0.3, 0.4) is 0 Å². The van der Waals surface area contributed by atoms with Gasteiger partial charge in [-0.3, -0.25) is 4.79 Å². The number of rotatable bonds is 6. The largest absolute Gasteiger partial charge is 0.456 e. The Morgan fingerprint density at radius 1 is 0.880 bits per heavy atom. The molecule has 0 fully saturated rings. The Morgan fingerprint density at radius 3 is 1.72 bits per heavy atom. The predicted molar refractivity (Wildman–Crippen MR) is 79.9 cm³/mol. The SMILES string of the molecule is CC(C)(C)CC(C(=O)OCC(=O)OCC(F)(F)C(F)(F)F)C(C)(C)C. The highest BCUT2D eigenvalue weighted by atomic mass is 19.4. The Hall–Kier alpha value is -1.41. The van der Waals surface area contributed by atoms with E-state index in [1.165, 1.54) is 0 Å². The van der Waals surface area contributed by atoms with Gasteiger partial charge in [0.25, 0.3) is 0 Å². The summed E-state index contributed by atoms with van der Waals surface area (Å²) in [6, 6.07) is 0. The Balaban J connectivity index is 4.68. The molecule has 0 amide bonds. The summed E-state index contributed by atoms with van der Waals surface area (Å²) in [7, 11) is 0. The third-order valence-corrected chi connectivity index (χ3v) is 3.31. The molecule has 1 atom stereocenters. The van der Waals surface area contributed by atoms with Crippen molar-refractivity contribution in [3.05, 3.63) is 0 Å². The molecule has 0 aliphatic rings. The van der Waals surface area contributed by atoms with Gasteiger partial charge in [0.15, 0.2) is 13.2 Å². The van der Waals surface area contributed by atoms with Gasteiger partial charge in [-0.2, -0.15) is 22.0 Å². The molecule has 0 rings (SSSR count). The molecule has 4 nitrogen and oxygen atoms in total. The molecule has 1 unspecified atom stereocenters. The van der Waals surface area contributed by atoms with E-state index in [2.05, 4.69) is 4.74 Å². The summed E-state index contributed by atoms with van der Waals surface area (Å²) in [5, 5.41) is 0. The number of carbonyl (C=O) groups excluding carboxylic acids is 2. The maximum atomic E-state index is 12.7. The van der Waals surface area contributed by atoms with Crippen molar-refractivity contribution in [2.24, 2.45) is 16.7 Å². The molecule has 25 heavy (non-hydrogen) atoms. The van der Waals surface area contributed by atoms with E-state index in [-0.39, 0.29) is 5.41 Å². The van der Waals surface area contributed by atoms with E-state index >= 15 is 0 Å². The summed E-state index contributed by atoms with van der Waals surface area (Å²) >= 11 is 0. The van der Waals surface area contributed by atoms with Gasteiger partial charge in [0, 0.05) is 0 Å². The molecule has 0 radical (unpaired) electrons. The van der Waals surface area contributed by atoms with Crippen LogP contribution < -0.4 is 0 Å². The molecule has 0 aliphatic carbocycles. The topological polar surface area (TPSA) is 52.6 Å². The smallest absolute Gasteiger partial charge is 0.456 e. The quantitative estimate of drug-likeness (QED) is 0.510. The van der Waals surface area contributed by atoms with Gasteiger partial charge in [0.1, 0.15) is 0 Å². The van der Waals surface area contributed by atoms with Gasteiger partial charge < -0.3 is 9.47 Å². The summed E-state index contributed by atoms with van der Waals surface area (Å²) in [6.45, 7) is 7.94. The van der Waals surface area contributed by atoms with E-state index in [0.717, 1.165) is 0 Å². The third kappa shape index (κ3) is 8.49. The Kier molecular flexibility index (Phi) is 7.42. The second kappa shape index (κ2) is 7.86. The summed E-state index contributed by atoms with van der Waals surface area (Å²) < 4.78 is 69.8. The number of esters is 2. The van der Waals surface area contributed by atoms with Crippen molar-refractivity contribution in [3.63, 3.8) is 0 Å². The number of alkyl halides is 5. The molecule has 0 spiro atoms. The number of carbonyl (C=O) groups is 2. The van der Waals surface area contributed by atoms with Crippen molar-refractivity contribution in [1.29, 1.82) is 0 Å². The van der Waals surface area contributed by atoms with Gasteiger partial charge in [-0.1, -0.05) is 41.5 Å². The van der Waals surface area contributed by atoms with E-state index in [1.54, 1.807) is 20.8 Å². The molecule has 9 heteroatoms. The molecule has 0 bridgehead atoms. The first kappa shape index (κ1) is 23.6. The summed E-state index contributed by atoms with van der Waals surface area (Å²) in [6.07, 6.45) is -5.38. The van der Waals surface area contributed by atoms with Gasteiger partial charge in [0.2, 0.25) is 0 Å². The van der Waals surface area contributed by atoms with Gasteiger partial charge >= 0.3 is 24.0 Å². The average molecular weight is 376 g/mol. The lowest BCUT2D eigenvalue weighted by atomic mass is 9.72.